The third-order valence-corrected chi connectivity index (χ3v) is 4.49. The summed E-state index contributed by atoms with van der Waals surface area (Å²) in [5.41, 5.74) is 2.14. The molecule has 0 radical (unpaired) electrons. The Balaban J connectivity index is 1.94. The number of carbonyl (C=O) groups excluding carboxylic acids is 2. The van der Waals surface area contributed by atoms with Crippen molar-refractivity contribution in [2.24, 2.45) is 0 Å². The van der Waals surface area contributed by atoms with Crippen molar-refractivity contribution in [2.75, 3.05) is 51.8 Å². The Bertz CT molecular complexity index is 814. The Morgan fingerprint density at radius 2 is 1.85 bits per heavy atom. The molecule has 2 heterocycles. The van der Waals surface area contributed by atoms with Gasteiger partial charge in [0.1, 0.15) is 5.56 Å². The number of pyridine rings is 1. The van der Waals surface area contributed by atoms with Crippen molar-refractivity contribution in [3.63, 3.8) is 0 Å². The molecule has 0 bridgehead atoms. The number of piperazine rings is 1. The number of urea groups is 1. The SMILES string of the molecule is CCOC(=O)c1cnc2ccccc2c1N1CCN(C(=O)N(C)C)CC1. The molecule has 0 saturated carbocycles. The summed E-state index contributed by atoms with van der Waals surface area (Å²) < 4.78 is 5.22. The van der Waals surface area contributed by atoms with Crippen LogP contribution in [0, 0.1) is 0 Å². The minimum Gasteiger partial charge on any atom is -0.462 e. The maximum atomic E-state index is 12.5. The summed E-state index contributed by atoms with van der Waals surface area (Å²) in [6.45, 7) is 4.62. The number of aromatic nitrogens is 1. The Kier molecular flexibility index (Phi) is 5.25. The number of fused-ring (bicyclic) bond motifs is 1. The van der Waals surface area contributed by atoms with E-state index in [1.54, 1.807) is 32.1 Å². The topological polar surface area (TPSA) is 66.0 Å². The van der Waals surface area contributed by atoms with Crippen molar-refractivity contribution in [3.05, 3.63) is 36.0 Å². The lowest BCUT2D eigenvalue weighted by Crippen LogP contribution is -2.51. The van der Waals surface area contributed by atoms with Crippen LogP contribution in [0.2, 0.25) is 0 Å². The van der Waals surface area contributed by atoms with Crippen molar-refractivity contribution in [2.45, 2.75) is 6.92 Å². The quantitative estimate of drug-likeness (QED) is 0.789. The van der Waals surface area contributed by atoms with Gasteiger partial charge in [-0.25, -0.2) is 9.59 Å². The molecule has 1 aliphatic heterocycles. The third kappa shape index (κ3) is 3.42. The molecular weight excluding hydrogens is 332 g/mol. The number of nitrogens with zero attached hydrogens (tertiary/aromatic N) is 4. The molecule has 7 nitrogen and oxygen atoms in total. The number of ether oxygens (including phenoxy) is 1. The Morgan fingerprint density at radius 1 is 1.15 bits per heavy atom. The van der Waals surface area contributed by atoms with Crippen molar-refractivity contribution in [1.29, 1.82) is 0 Å². The zero-order chi connectivity index (χ0) is 18.7. The van der Waals surface area contributed by atoms with Gasteiger partial charge in [-0.3, -0.25) is 4.98 Å². The first-order valence-corrected chi connectivity index (χ1v) is 8.79. The van der Waals surface area contributed by atoms with E-state index >= 15 is 0 Å². The summed E-state index contributed by atoms with van der Waals surface area (Å²) in [5.74, 6) is -0.368. The molecule has 0 N–H and O–H groups in total. The van der Waals surface area contributed by atoms with Crippen molar-refractivity contribution < 1.29 is 14.3 Å². The molecule has 1 saturated heterocycles. The summed E-state index contributed by atoms with van der Waals surface area (Å²) in [6, 6.07) is 7.78. The summed E-state index contributed by atoms with van der Waals surface area (Å²) >= 11 is 0. The molecule has 7 heteroatoms. The van der Waals surface area contributed by atoms with E-state index in [9.17, 15) is 9.59 Å². The highest BCUT2D eigenvalue weighted by molar-refractivity contribution is 6.05. The van der Waals surface area contributed by atoms with Crippen molar-refractivity contribution in [1.82, 2.24) is 14.8 Å². The third-order valence-electron chi connectivity index (χ3n) is 4.49. The maximum Gasteiger partial charge on any atom is 0.341 e. The van der Waals surface area contributed by atoms with Crippen LogP contribution >= 0.6 is 0 Å². The molecule has 1 aromatic heterocycles. The number of esters is 1. The standard InChI is InChI=1S/C19H24N4O3/c1-4-26-18(24)15-13-20-16-8-6-5-7-14(16)17(15)22-9-11-23(12-10-22)19(25)21(2)3/h5-8,13H,4,9-12H2,1-3H3. The molecule has 1 aliphatic rings. The molecule has 0 unspecified atom stereocenters. The van der Waals surface area contributed by atoms with Crippen LogP contribution in [0.25, 0.3) is 10.9 Å². The lowest BCUT2D eigenvalue weighted by Gasteiger charge is -2.38. The second-order valence-corrected chi connectivity index (χ2v) is 6.41. The number of para-hydroxylation sites is 1. The molecule has 1 fully saturated rings. The van der Waals surface area contributed by atoms with Gasteiger partial charge in [-0.15, -0.1) is 0 Å². The number of amides is 2. The van der Waals surface area contributed by atoms with Crippen LogP contribution < -0.4 is 4.90 Å². The van der Waals surface area contributed by atoms with Gasteiger partial charge in [0.05, 0.1) is 17.8 Å². The van der Waals surface area contributed by atoms with Crippen LogP contribution in [-0.2, 0) is 4.74 Å². The minimum atomic E-state index is -0.368. The summed E-state index contributed by atoms with van der Waals surface area (Å²) in [5, 5.41) is 0.922. The highest BCUT2D eigenvalue weighted by Crippen LogP contribution is 2.31. The normalized spacial score (nSPS) is 14.4. The molecule has 3 rings (SSSR count). The lowest BCUT2D eigenvalue weighted by molar-refractivity contribution is 0.0526. The van der Waals surface area contributed by atoms with E-state index in [4.69, 9.17) is 4.74 Å². The number of anilines is 1. The van der Waals surface area contributed by atoms with Gasteiger partial charge < -0.3 is 19.4 Å². The number of hydrogen-bond donors (Lipinski definition) is 0. The van der Waals surface area contributed by atoms with Gasteiger partial charge in [0.25, 0.3) is 0 Å². The van der Waals surface area contributed by atoms with E-state index < -0.39 is 0 Å². The number of benzene rings is 1. The fourth-order valence-corrected chi connectivity index (χ4v) is 3.23. The first-order chi connectivity index (χ1) is 12.5. The van der Waals surface area contributed by atoms with Crippen LogP contribution in [0.4, 0.5) is 10.5 Å². The monoisotopic (exact) mass is 356 g/mol. The van der Waals surface area contributed by atoms with E-state index in [0.717, 1.165) is 16.6 Å². The highest BCUT2D eigenvalue weighted by atomic mass is 16.5. The van der Waals surface area contributed by atoms with E-state index in [2.05, 4.69) is 9.88 Å². The predicted molar refractivity (Wildman–Crippen MR) is 101 cm³/mol. The second-order valence-electron chi connectivity index (χ2n) is 6.41. The fourth-order valence-electron chi connectivity index (χ4n) is 3.23. The van der Waals surface area contributed by atoms with Gasteiger partial charge >= 0.3 is 12.0 Å². The molecule has 0 atom stereocenters. The average Bonchev–Trinajstić information content (AvgIpc) is 2.66. The summed E-state index contributed by atoms with van der Waals surface area (Å²) in [6.07, 6.45) is 1.59. The largest absolute Gasteiger partial charge is 0.462 e. The van der Waals surface area contributed by atoms with E-state index in [0.29, 0.717) is 38.3 Å². The predicted octanol–water partition coefficient (Wildman–Crippen LogP) is 2.22. The van der Waals surface area contributed by atoms with Crippen LogP contribution in [0.3, 0.4) is 0 Å². The van der Waals surface area contributed by atoms with Gasteiger partial charge in [0, 0.05) is 51.9 Å². The number of rotatable bonds is 3. The minimum absolute atomic E-state index is 0.00912. The van der Waals surface area contributed by atoms with Gasteiger partial charge in [0.2, 0.25) is 0 Å². The lowest BCUT2D eigenvalue weighted by atomic mass is 10.1. The number of hydrogen-bond acceptors (Lipinski definition) is 5. The van der Waals surface area contributed by atoms with Crippen molar-refractivity contribution in [3.8, 4) is 0 Å². The van der Waals surface area contributed by atoms with Gasteiger partial charge in [-0.2, -0.15) is 0 Å². The Labute approximate surface area is 153 Å². The molecule has 0 spiro atoms. The zero-order valence-corrected chi connectivity index (χ0v) is 15.4. The smallest absolute Gasteiger partial charge is 0.341 e. The second kappa shape index (κ2) is 7.59. The molecule has 1 aromatic carbocycles. The molecular formula is C19H24N4O3. The van der Waals surface area contributed by atoms with Crippen LogP contribution in [0.1, 0.15) is 17.3 Å². The first kappa shape index (κ1) is 18.0. The molecule has 138 valence electrons. The van der Waals surface area contributed by atoms with E-state index in [1.165, 1.54) is 0 Å². The maximum absolute atomic E-state index is 12.5. The van der Waals surface area contributed by atoms with Gasteiger partial charge in [-0.05, 0) is 13.0 Å². The van der Waals surface area contributed by atoms with Crippen LogP contribution in [0.5, 0.6) is 0 Å². The number of carbonyl (C=O) groups is 2. The summed E-state index contributed by atoms with van der Waals surface area (Å²) in [4.78, 5) is 34.6. The molecule has 2 aromatic rings. The van der Waals surface area contributed by atoms with Gasteiger partial charge in [0.15, 0.2) is 0 Å². The average molecular weight is 356 g/mol. The zero-order valence-electron chi connectivity index (χ0n) is 15.4. The molecule has 26 heavy (non-hydrogen) atoms. The first-order valence-electron chi connectivity index (χ1n) is 8.79. The van der Waals surface area contributed by atoms with Gasteiger partial charge in [-0.1, -0.05) is 18.2 Å². The fraction of sp³-hybridized carbons (Fsp3) is 0.421. The molecule has 2 amide bonds. The van der Waals surface area contributed by atoms with E-state index in [1.807, 2.05) is 29.2 Å². The van der Waals surface area contributed by atoms with E-state index in [-0.39, 0.29) is 12.0 Å². The highest BCUT2D eigenvalue weighted by Gasteiger charge is 2.27. The Morgan fingerprint density at radius 3 is 2.50 bits per heavy atom. The van der Waals surface area contributed by atoms with Crippen molar-refractivity contribution >= 4 is 28.6 Å². The van der Waals surface area contributed by atoms with Crippen LogP contribution in [0.15, 0.2) is 30.5 Å². The molecule has 0 aliphatic carbocycles. The van der Waals surface area contributed by atoms with Crippen LogP contribution in [-0.4, -0.2) is 73.7 Å². The Hall–Kier alpha value is -2.83. The summed E-state index contributed by atoms with van der Waals surface area (Å²) in [7, 11) is 3.51.